The van der Waals surface area contributed by atoms with Gasteiger partial charge in [0.25, 0.3) is 5.91 Å². The summed E-state index contributed by atoms with van der Waals surface area (Å²) in [4.78, 5) is 20.2. The molecule has 3 fully saturated rings. The Balaban J connectivity index is 1.16. The maximum atomic E-state index is 13.1. The van der Waals surface area contributed by atoms with Gasteiger partial charge in [0.05, 0.1) is 16.6 Å². The van der Waals surface area contributed by atoms with E-state index < -0.39 is 0 Å². The molecule has 2 aromatic heterocycles. The molecule has 6 nitrogen and oxygen atoms in total. The number of nitrogens with one attached hydrogen (secondary N) is 1. The molecule has 0 unspecified atom stereocenters. The number of nitrogens with zero attached hydrogens (tertiary/aromatic N) is 4. The molecule has 3 aliphatic rings. The number of carbonyl (C=O) groups excluding carboxylic acids is 1. The van der Waals surface area contributed by atoms with Gasteiger partial charge in [-0.1, -0.05) is 19.3 Å². The Morgan fingerprint density at radius 3 is 2.36 bits per heavy atom. The molecule has 1 saturated heterocycles. The summed E-state index contributed by atoms with van der Waals surface area (Å²) in [7, 11) is 4.41. The van der Waals surface area contributed by atoms with Crippen molar-refractivity contribution < 1.29 is 4.79 Å². The largest absolute Gasteiger partial charge is 0.349 e. The SMILES string of the molecule is Cc1nn(C2CCCCC2)c2sc(C(=O)N[C@H]3CC[C@H](N4CCC(N(C)C)CC4)CC3)cc12. The molecule has 3 heterocycles. The molecule has 1 amide bonds. The first-order valence-corrected chi connectivity index (χ1v) is 14.0. The summed E-state index contributed by atoms with van der Waals surface area (Å²) in [6.45, 7) is 4.53. The van der Waals surface area contributed by atoms with Gasteiger partial charge < -0.3 is 15.1 Å². The Labute approximate surface area is 202 Å². The van der Waals surface area contributed by atoms with E-state index in [0.29, 0.717) is 18.1 Å². The number of thiophene rings is 1. The first-order valence-electron chi connectivity index (χ1n) is 13.2. The number of carbonyl (C=O) groups is 1. The van der Waals surface area contributed by atoms with Crippen LogP contribution in [0.1, 0.15) is 92.0 Å². The van der Waals surface area contributed by atoms with Crippen molar-refractivity contribution in [1.29, 1.82) is 0 Å². The van der Waals surface area contributed by atoms with Crippen molar-refractivity contribution in [2.45, 2.75) is 102 Å². The second-order valence-corrected chi connectivity index (χ2v) is 11.9. The van der Waals surface area contributed by atoms with E-state index in [9.17, 15) is 4.79 Å². The van der Waals surface area contributed by atoms with Gasteiger partial charge in [-0.3, -0.25) is 9.48 Å². The van der Waals surface area contributed by atoms with E-state index in [1.165, 1.54) is 81.1 Å². The third-order valence-electron chi connectivity index (χ3n) is 8.49. The van der Waals surface area contributed by atoms with Gasteiger partial charge in [0, 0.05) is 23.5 Å². The Kier molecular flexibility index (Phi) is 7.09. The zero-order chi connectivity index (χ0) is 22.9. The van der Waals surface area contributed by atoms with Gasteiger partial charge in [0.1, 0.15) is 4.83 Å². The molecular weight excluding hydrogens is 430 g/mol. The minimum absolute atomic E-state index is 0.112. The van der Waals surface area contributed by atoms with E-state index in [-0.39, 0.29) is 5.91 Å². The van der Waals surface area contributed by atoms with E-state index in [2.05, 4.69) is 46.9 Å². The number of piperidine rings is 1. The minimum atomic E-state index is 0.112. The Morgan fingerprint density at radius 2 is 1.70 bits per heavy atom. The number of likely N-dealkylation sites (tertiary alicyclic amines) is 1. The molecular formula is C26H41N5OS. The fourth-order valence-electron chi connectivity index (χ4n) is 6.37. The normalized spacial score (nSPS) is 26.3. The highest BCUT2D eigenvalue weighted by Gasteiger charge is 2.30. The third kappa shape index (κ3) is 5.01. The summed E-state index contributed by atoms with van der Waals surface area (Å²) in [6, 6.07) is 4.34. The smallest absolute Gasteiger partial charge is 0.261 e. The number of hydrogen-bond donors (Lipinski definition) is 1. The minimum Gasteiger partial charge on any atom is -0.349 e. The van der Waals surface area contributed by atoms with Crippen LogP contribution in [0.15, 0.2) is 6.07 Å². The van der Waals surface area contributed by atoms with Crippen LogP contribution in [0, 0.1) is 6.92 Å². The summed E-state index contributed by atoms with van der Waals surface area (Å²) in [5.41, 5.74) is 1.06. The predicted octanol–water partition coefficient (Wildman–Crippen LogP) is 4.98. The van der Waals surface area contributed by atoms with Crippen molar-refractivity contribution in [1.82, 2.24) is 24.9 Å². The van der Waals surface area contributed by atoms with Crippen molar-refractivity contribution in [2.24, 2.45) is 0 Å². The van der Waals surface area contributed by atoms with Crippen molar-refractivity contribution in [2.75, 3.05) is 27.2 Å². The topological polar surface area (TPSA) is 53.4 Å². The molecule has 182 valence electrons. The van der Waals surface area contributed by atoms with Gasteiger partial charge in [-0.05, 0) is 91.5 Å². The highest BCUT2D eigenvalue weighted by Crippen LogP contribution is 2.35. The van der Waals surface area contributed by atoms with E-state index in [1.807, 2.05) is 0 Å². The molecule has 1 N–H and O–H groups in total. The number of fused-ring (bicyclic) bond motifs is 1. The molecule has 0 bridgehead atoms. The lowest BCUT2D eigenvalue weighted by atomic mass is 9.88. The van der Waals surface area contributed by atoms with Crippen LogP contribution in [0.2, 0.25) is 0 Å². The summed E-state index contributed by atoms with van der Waals surface area (Å²) < 4.78 is 2.23. The molecule has 2 saturated carbocycles. The van der Waals surface area contributed by atoms with Crippen LogP contribution in [0.5, 0.6) is 0 Å². The van der Waals surface area contributed by atoms with Crippen LogP contribution < -0.4 is 5.32 Å². The van der Waals surface area contributed by atoms with Gasteiger partial charge in [0.2, 0.25) is 0 Å². The van der Waals surface area contributed by atoms with Gasteiger partial charge in [-0.25, -0.2) is 0 Å². The molecule has 1 aliphatic heterocycles. The lowest BCUT2D eigenvalue weighted by molar-refractivity contribution is 0.0787. The summed E-state index contributed by atoms with van der Waals surface area (Å²) in [6.07, 6.45) is 13.5. The zero-order valence-corrected chi connectivity index (χ0v) is 21.5. The van der Waals surface area contributed by atoms with E-state index in [0.717, 1.165) is 29.5 Å². The molecule has 0 radical (unpaired) electrons. The fraction of sp³-hybridized carbons (Fsp3) is 0.769. The average Bonchev–Trinajstić information content (AvgIpc) is 3.41. The zero-order valence-electron chi connectivity index (χ0n) is 20.7. The Morgan fingerprint density at radius 1 is 1.00 bits per heavy atom. The van der Waals surface area contributed by atoms with Gasteiger partial charge in [-0.2, -0.15) is 5.10 Å². The van der Waals surface area contributed by atoms with E-state index in [1.54, 1.807) is 11.3 Å². The highest BCUT2D eigenvalue weighted by atomic mass is 32.1. The monoisotopic (exact) mass is 471 g/mol. The van der Waals surface area contributed by atoms with Gasteiger partial charge in [0.15, 0.2) is 0 Å². The van der Waals surface area contributed by atoms with Crippen molar-refractivity contribution in [3.05, 3.63) is 16.6 Å². The van der Waals surface area contributed by atoms with Crippen LogP contribution >= 0.6 is 11.3 Å². The first-order chi connectivity index (χ1) is 16.0. The summed E-state index contributed by atoms with van der Waals surface area (Å²) in [5.74, 6) is 0.112. The van der Waals surface area contributed by atoms with Gasteiger partial charge in [-0.15, -0.1) is 11.3 Å². The van der Waals surface area contributed by atoms with Crippen LogP contribution in [0.3, 0.4) is 0 Å². The van der Waals surface area contributed by atoms with Crippen LogP contribution in [-0.4, -0.2) is 70.8 Å². The van der Waals surface area contributed by atoms with Crippen molar-refractivity contribution in [3.8, 4) is 0 Å². The molecule has 2 aromatic rings. The second-order valence-electron chi connectivity index (χ2n) is 10.9. The van der Waals surface area contributed by atoms with E-state index >= 15 is 0 Å². The van der Waals surface area contributed by atoms with Crippen LogP contribution in [0.25, 0.3) is 10.2 Å². The third-order valence-corrected chi connectivity index (χ3v) is 9.61. The number of rotatable bonds is 5. The van der Waals surface area contributed by atoms with Crippen LogP contribution in [-0.2, 0) is 0 Å². The Hall–Kier alpha value is -1.44. The lowest BCUT2D eigenvalue weighted by Crippen LogP contribution is -2.49. The number of aromatic nitrogens is 2. The van der Waals surface area contributed by atoms with Crippen molar-refractivity contribution >= 4 is 27.5 Å². The predicted molar refractivity (Wildman–Crippen MR) is 136 cm³/mol. The average molecular weight is 472 g/mol. The van der Waals surface area contributed by atoms with E-state index in [4.69, 9.17) is 5.10 Å². The molecule has 0 spiro atoms. The number of amides is 1. The first kappa shape index (κ1) is 23.3. The number of hydrogen-bond acceptors (Lipinski definition) is 5. The summed E-state index contributed by atoms with van der Waals surface area (Å²) in [5, 5.41) is 9.38. The maximum Gasteiger partial charge on any atom is 0.261 e. The van der Waals surface area contributed by atoms with Crippen LogP contribution in [0.4, 0.5) is 0 Å². The molecule has 5 rings (SSSR count). The highest BCUT2D eigenvalue weighted by molar-refractivity contribution is 7.20. The second kappa shape index (κ2) is 10.0. The quantitative estimate of drug-likeness (QED) is 0.668. The number of aryl methyl sites for hydroxylation is 1. The summed E-state index contributed by atoms with van der Waals surface area (Å²) >= 11 is 1.64. The fourth-order valence-corrected chi connectivity index (χ4v) is 7.50. The lowest BCUT2D eigenvalue weighted by Gasteiger charge is -2.42. The molecule has 33 heavy (non-hydrogen) atoms. The molecule has 0 atom stereocenters. The van der Waals surface area contributed by atoms with Crippen molar-refractivity contribution in [3.63, 3.8) is 0 Å². The Bertz CT molecular complexity index is 943. The molecule has 7 heteroatoms. The van der Waals surface area contributed by atoms with Gasteiger partial charge >= 0.3 is 0 Å². The molecule has 2 aliphatic carbocycles. The standard InChI is InChI=1S/C26H41N5OS/c1-18-23-17-24(33-26(23)31(28-18)22-7-5-4-6-8-22)25(32)27-19-9-11-21(12-10-19)30-15-13-20(14-16-30)29(2)3/h17,19-22H,4-16H2,1-3H3,(H,27,32)/t19-,21-. The molecule has 0 aromatic carbocycles. The maximum absolute atomic E-state index is 13.1.